The number of hydrogen-bond acceptors (Lipinski definition) is 4. The van der Waals surface area contributed by atoms with Crippen LogP contribution in [0.25, 0.3) is 6.20 Å². The van der Waals surface area contributed by atoms with E-state index in [-0.39, 0.29) is 22.8 Å². The first-order valence-electron chi connectivity index (χ1n) is 9.58. The number of fused-ring (bicyclic) bond motifs is 1. The third-order valence-corrected chi connectivity index (χ3v) is 5.00. The zero-order valence-corrected chi connectivity index (χ0v) is 16.4. The number of aromatic nitrogens is 2. The largest absolute Gasteiger partial charge is 0.434 e. The maximum absolute atomic E-state index is 13.6. The van der Waals surface area contributed by atoms with Crippen molar-refractivity contribution < 1.29 is 26.3 Å². The normalized spacial score (nSPS) is 16.2. The first-order valence-corrected chi connectivity index (χ1v) is 9.58. The number of nitrogens with zero attached hydrogens (tertiary/aromatic N) is 4. The van der Waals surface area contributed by atoms with Gasteiger partial charge in [-0.1, -0.05) is 30.3 Å². The highest BCUT2D eigenvalue weighted by Crippen LogP contribution is 2.36. The molecule has 1 aliphatic heterocycles. The summed E-state index contributed by atoms with van der Waals surface area (Å²) >= 11 is 0. The maximum atomic E-state index is 13.6. The first-order chi connectivity index (χ1) is 15.1. The van der Waals surface area contributed by atoms with Crippen LogP contribution < -0.4 is 10.6 Å². The van der Waals surface area contributed by atoms with Gasteiger partial charge < -0.3 is 4.90 Å². The number of rotatable bonds is 4. The number of benzene rings is 1. The predicted molar refractivity (Wildman–Crippen MR) is 103 cm³/mol. The van der Waals surface area contributed by atoms with Crippen LogP contribution in [0.1, 0.15) is 28.7 Å². The Morgan fingerprint density at radius 3 is 2.25 bits per heavy atom. The van der Waals surface area contributed by atoms with Gasteiger partial charge in [-0.3, -0.25) is 15.0 Å². The fraction of sp³-hybridized carbons (Fsp3) is 0.227. The van der Waals surface area contributed by atoms with E-state index in [1.807, 2.05) is 18.2 Å². The summed E-state index contributed by atoms with van der Waals surface area (Å²) in [5, 5.41) is -0.374. The van der Waals surface area contributed by atoms with Gasteiger partial charge in [-0.25, -0.2) is 0 Å². The summed E-state index contributed by atoms with van der Waals surface area (Å²) in [6.07, 6.45) is -6.96. The van der Waals surface area contributed by atoms with E-state index in [0.717, 1.165) is 23.9 Å². The molecule has 0 saturated carbocycles. The average Bonchev–Trinajstić information content (AvgIpc) is 2.76. The molecule has 1 unspecified atom stereocenters. The molecule has 166 valence electrons. The van der Waals surface area contributed by atoms with Crippen molar-refractivity contribution in [3.8, 4) is 0 Å². The van der Waals surface area contributed by atoms with Crippen molar-refractivity contribution in [2.24, 2.45) is 4.99 Å². The van der Waals surface area contributed by atoms with Gasteiger partial charge in [0.05, 0.1) is 16.6 Å². The summed E-state index contributed by atoms with van der Waals surface area (Å²) in [7, 11) is 0. The van der Waals surface area contributed by atoms with Crippen molar-refractivity contribution in [2.75, 3.05) is 6.54 Å². The summed E-state index contributed by atoms with van der Waals surface area (Å²) in [5.74, 6) is 0. The maximum Gasteiger partial charge on any atom is 0.434 e. The van der Waals surface area contributed by atoms with E-state index in [9.17, 15) is 26.3 Å². The Morgan fingerprint density at radius 2 is 1.56 bits per heavy atom. The average molecular weight is 450 g/mol. The lowest BCUT2D eigenvalue weighted by atomic mass is 10.1. The molecule has 0 radical (unpaired) electrons. The van der Waals surface area contributed by atoms with E-state index in [1.54, 1.807) is 12.1 Å². The molecule has 0 aliphatic carbocycles. The van der Waals surface area contributed by atoms with Gasteiger partial charge in [0, 0.05) is 30.4 Å². The molecule has 10 heteroatoms. The standard InChI is InChI=1S/C22H16F6N4/c23-21(24,25)16-7-4-10-29-18(16)20-31-17-8-11-30-19(22(26,27)28)15(17)13-32(20)12-9-14-5-2-1-3-6-14/h1-8,10-11,13,20H,9,12H2. The van der Waals surface area contributed by atoms with E-state index < -0.39 is 29.8 Å². The van der Waals surface area contributed by atoms with E-state index in [1.165, 1.54) is 23.4 Å². The van der Waals surface area contributed by atoms with Crippen molar-refractivity contribution >= 4 is 6.20 Å². The van der Waals surface area contributed by atoms with Crippen LogP contribution in [-0.4, -0.2) is 21.4 Å². The van der Waals surface area contributed by atoms with Crippen LogP contribution in [0.3, 0.4) is 0 Å². The molecule has 1 aromatic carbocycles. The molecule has 4 nitrogen and oxygen atoms in total. The van der Waals surface area contributed by atoms with Crippen LogP contribution in [0.15, 0.2) is 65.9 Å². The molecule has 0 bridgehead atoms. The van der Waals surface area contributed by atoms with Crippen LogP contribution in [0.4, 0.5) is 26.3 Å². The summed E-state index contributed by atoms with van der Waals surface area (Å²) < 4.78 is 81.4. The second-order valence-electron chi connectivity index (χ2n) is 7.13. The Hall–Kier alpha value is -3.43. The topological polar surface area (TPSA) is 41.4 Å². The molecule has 3 heterocycles. The Bertz CT molecular complexity index is 1220. The van der Waals surface area contributed by atoms with E-state index >= 15 is 0 Å². The van der Waals surface area contributed by atoms with Crippen LogP contribution in [-0.2, 0) is 18.8 Å². The molecule has 1 aliphatic rings. The van der Waals surface area contributed by atoms with Gasteiger partial charge in [-0.2, -0.15) is 26.3 Å². The SMILES string of the molecule is FC(F)(F)c1cccnc1C1N=c2ccnc(C(F)(F)F)c2=CN1CCc1ccccc1. The molecule has 0 amide bonds. The quantitative estimate of drug-likeness (QED) is 0.562. The second kappa shape index (κ2) is 8.25. The smallest absolute Gasteiger partial charge is 0.350 e. The first kappa shape index (κ1) is 21.8. The summed E-state index contributed by atoms with van der Waals surface area (Å²) in [5.41, 5.74) is -1.62. The molecule has 2 aromatic heterocycles. The van der Waals surface area contributed by atoms with Crippen molar-refractivity contribution in [3.63, 3.8) is 0 Å². The van der Waals surface area contributed by atoms with Crippen molar-refractivity contribution in [1.82, 2.24) is 14.9 Å². The monoisotopic (exact) mass is 450 g/mol. The fourth-order valence-corrected chi connectivity index (χ4v) is 3.54. The molecule has 0 N–H and O–H groups in total. The number of alkyl halides is 6. The van der Waals surface area contributed by atoms with Crippen LogP contribution >= 0.6 is 0 Å². The van der Waals surface area contributed by atoms with E-state index in [2.05, 4.69) is 15.0 Å². The number of pyridine rings is 2. The van der Waals surface area contributed by atoms with Gasteiger partial charge in [-0.15, -0.1) is 0 Å². The molecule has 0 fully saturated rings. The third kappa shape index (κ3) is 4.44. The molecular formula is C22H16F6N4. The molecule has 0 spiro atoms. The zero-order valence-electron chi connectivity index (χ0n) is 16.4. The van der Waals surface area contributed by atoms with Gasteiger partial charge in [0.1, 0.15) is 0 Å². The van der Waals surface area contributed by atoms with Gasteiger partial charge in [0.2, 0.25) is 0 Å². The lowest BCUT2D eigenvalue weighted by molar-refractivity contribution is -0.142. The van der Waals surface area contributed by atoms with Crippen LogP contribution in [0.2, 0.25) is 0 Å². The lowest BCUT2D eigenvalue weighted by Gasteiger charge is -2.31. The van der Waals surface area contributed by atoms with E-state index in [0.29, 0.717) is 6.42 Å². The lowest BCUT2D eigenvalue weighted by Crippen LogP contribution is -2.43. The van der Waals surface area contributed by atoms with Crippen molar-refractivity contribution in [1.29, 1.82) is 0 Å². The predicted octanol–water partition coefficient (Wildman–Crippen LogP) is 4.13. The highest BCUT2D eigenvalue weighted by Gasteiger charge is 2.39. The molecule has 0 saturated heterocycles. The van der Waals surface area contributed by atoms with Crippen LogP contribution in [0, 0.1) is 0 Å². The fourth-order valence-electron chi connectivity index (χ4n) is 3.54. The minimum atomic E-state index is -4.74. The molecule has 1 atom stereocenters. The van der Waals surface area contributed by atoms with Crippen molar-refractivity contribution in [3.05, 3.63) is 94.0 Å². The minimum Gasteiger partial charge on any atom is -0.350 e. The summed E-state index contributed by atoms with van der Waals surface area (Å²) in [4.78, 5) is 12.9. The molecule has 3 aromatic rings. The Morgan fingerprint density at radius 1 is 0.812 bits per heavy atom. The van der Waals surface area contributed by atoms with E-state index in [4.69, 9.17) is 0 Å². The van der Waals surface area contributed by atoms with Gasteiger partial charge in [0.15, 0.2) is 11.9 Å². The highest BCUT2D eigenvalue weighted by atomic mass is 19.4. The molecule has 32 heavy (non-hydrogen) atoms. The minimum absolute atomic E-state index is 0.0907. The second-order valence-corrected chi connectivity index (χ2v) is 7.13. The van der Waals surface area contributed by atoms with Crippen LogP contribution in [0.5, 0.6) is 0 Å². The summed E-state index contributed by atoms with van der Waals surface area (Å²) in [6, 6.07) is 12.4. The summed E-state index contributed by atoms with van der Waals surface area (Å²) in [6.45, 7) is 0.123. The zero-order chi connectivity index (χ0) is 22.9. The Kier molecular flexibility index (Phi) is 5.62. The van der Waals surface area contributed by atoms with Gasteiger partial charge >= 0.3 is 12.4 Å². The highest BCUT2D eigenvalue weighted by molar-refractivity contribution is 5.34. The molecular weight excluding hydrogens is 434 g/mol. The third-order valence-electron chi connectivity index (χ3n) is 5.00. The number of hydrogen-bond donors (Lipinski definition) is 0. The van der Waals surface area contributed by atoms with Gasteiger partial charge in [0.25, 0.3) is 0 Å². The Balaban J connectivity index is 1.85. The Labute approximate surface area is 178 Å². The van der Waals surface area contributed by atoms with Crippen molar-refractivity contribution in [2.45, 2.75) is 24.9 Å². The number of halogens is 6. The molecule has 4 rings (SSSR count). The van der Waals surface area contributed by atoms with Gasteiger partial charge in [-0.05, 0) is 30.2 Å².